The van der Waals surface area contributed by atoms with Crippen molar-refractivity contribution < 1.29 is 22.0 Å². The van der Waals surface area contributed by atoms with Crippen molar-refractivity contribution in [2.24, 2.45) is 0 Å². The summed E-state index contributed by atoms with van der Waals surface area (Å²) in [7, 11) is 0. The van der Waals surface area contributed by atoms with Gasteiger partial charge in [-0.2, -0.15) is 22.0 Å². The summed E-state index contributed by atoms with van der Waals surface area (Å²) in [5.41, 5.74) is -1.05. The Hall–Kier alpha value is -1.17. The smallest absolute Gasteiger partial charge is 0.191 e. The average Bonchev–Trinajstić information content (AvgIpc) is 2.61. The molecule has 1 aromatic heterocycles. The van der Waals surface area contributed by atoms with Crippen molar-refractivity contribution in [1.82, 2.24) is 0 Å². The average molecular weight is 251 g/mol. The Balaban J connectivity index is 2.54. The Kier molecular flexibility index (Phi) is 2.41. The van der Waals surface area contributed by atoms with Crippen molar-refractivity contribution in [2.45, 2.75) is 12.1 Å². The van der Waals surface area contributed by atoms with Crippen LogP contribution in [0, 0.1) is 6.07 Å². The van der Waals surface area contributed by atoms with Crippen LogP contribution < -0.4 is 0 Å². The van der Waals surface area contributed by atoms with Crippen molar-refractivity contribution in [3.05, 3.63) is 35.2 Å². The molecule has 0 aliphatic carbocycles. The molecule has 0 unspecified atom stereocenters. The van der Waals surface area contributed by atoms with Gasteiger partial charge in [-0.1, -0.05) is 6.07 Å². The summed E-state index contributed by atoms with van der Waals surface area (Å²) < 4.78 is 62.8. The predicted molar refractivity (Wildman–Crippen MR) is 50.6 cm³/mol. The number of hydrogen-bond acceptors (Lipinski definition) is 1. The van der Waals surface area contributed by atoms with E-state index in [1.807, 2.05) is 0 Å². The number of rotatable bonds is 1. The molecule has 0 saturated heterocycles. The standard InChI is InChI=1S/C10H4F5S/c11-9(12,10(13,14)15)7-1-2-8-6(5-7)3-4-16-8/h1-2,4-5H. The Morgan fingerprint density at radius 2 is 1.75 bits per heavy atom. The monoisotopic (exact) mass is 251 g/mol. The van der Waals surface area contributed by atoms with Crippen molar-refractivity contribution in [3.8, 4) is 0 Å². The zero-order valence-electron chi connectivity index (χ0n) is 7.61. The number of benzene rings is 1. The van der Waals surface area contributed by atoms with Crippen LogP contribution in [-0.4, -0.2) is 6.18 Å². The van der Waals surface area contributed by atoms with E-state index in [1.165, 1.54) is 22.8 Å². The second-order valence-corrected chi connectivity index (χ2v) is 4.07. The highest BCUT2D eigenvalue weighted by molar-refractivity contribution is 7.17. The normalized spacial score (nSPS) is 13.3. The molecule has 0 bridgehead atoms. The lowest BCUT2D eigenvalue weighted by Crippen LogP contribution is -2.33. The van der Waals surface area contributed by atoms with E-state index in [0.717, 1.165) is 12.1 Å². The van der Waals surface area contributed by atoms with Crippen LogP contribution in [0.15, 0.2) is 23.6 Å². The van der Waals surface area contributed by atoms with Gasteiger partial charge >= 0.3 is 12.1 Å². The van der Waals surface area contributed by atoms with E-state index >= 15 is 0 Å². The van der Waals surface area contributed by atoms with E-state index in [1.54, 1.807) is 0 Å². The molecule has 0 N–H and O–H groups in total. The van der Waals surface area contributed by atoms with Crippen molar-refractivity contribution >= 4 is 21.4 Å². The summed E-state index contributed by atoms with van der Waals surface area (Å²) >= 11 is 1.23. The van der Waals surface area contributed by atoms with Crippen molar-refractivity contribution in [2.75, 3.05) is 0 Å². The van der Waals surface area contributed by atoms with Gasteiger partial charge < -0.3 is 0 Å². The van der Waals surface area contributed by atoms with Crippen LogP contribution in [0.5, 0.6) is 0 Å². The minimum absolute atomic E-state index is 0.270. The van der Waals surface area contributed by atoms with Gasteiger partial charge in [0.15, 0.2) is 0 Å². The minimum atomic E-state index is -5.57. The Labute approximate surface area is 91.3 Å². The molecule has 0 saturated carbocycles. The fraction of sp³-hybridized carbons (Fsp3) is 0.200. The van der Waals surface area contributed by atoms with Crippen molar-refractivity contribution in [1.29, 1.82) is 0 Å². The van der Waals surface area contributed by atoms with Crippen LogP contribution in [0.2, 0.25) is 0 Å². The first-order valence-corrected chi connectivity index (χ1v) is 5.04. The zero-order valence-corrected chi connectivity index (χ0v) is 8.42. The molecular weight excluding hydrogens is 247 g/mol. The fourth-order valence-corrected chi connectivity index (χ4v) is 1.97. The third-order valence-electron chi connectivity index (χ3n) is 2.10. The lowest BCUT2D eigenvalue weighted by Gasteiger charge is -2.19. The van der Waals surface area contributed by atoms with Gasteiger partial charge in [0, 0.05) is 21.7 Å². The highest BCUT2D eigenvalue weighted by Crippen LogP contribution is 2.44. The van der Waals surface area contributed by atoms with E-state index in [0.29, 0.717) is 4.70 Å². The highest BCUT2D eigenvalue weighted by atomic mass is 32.1. The molecule has 0 spiro atoms. The van der Waals surface area contributed by atoms with Crippen LogP contribution in [-0.2, 0) is 5.92 Å². The summed E-state index contributed by atoms with van der Waals surface area (Å²) in [5, 5.41) is 1.78. The van der Waals surface area contributed by atoms with Crippen LogP contribution in [0.1, 0.15) is 5.56 Å². The molecule has 0 amide bonds. The summed E-state index contributed by atoms with van der Waals surface area (Å²) in [6.45, 7) is 0. The van der Waals surface area contributed by atoms with Crippen LogP contribution >= 0.6 is 11.3 Å². The predicted octanol–water partition coefficient (Wildman–Crippen LogP) is 4.36. The molecule has 16 heavy (non-hydrogen) atoms. The van der Waals surface area contributed by atoms with Crippen LogP contribution in [0.4, 0.5) is 22.0 Å². The van der Waals surface area contributed by atoms with Gasteiger partial charge in [-0.25, -0.2) is 0 Å². The number of fused-ring (bicyclic) bond motifs is 1. The Bertz CT molecular complexity index is 511. The van der Waals surface area contributed by atoms with Crippen molar-refractivity contribution in [3.63, 3.8) is 0 Å². The third-order valence-corrected chi connectivity index (χ3v) is 2.94. The minimum Gasteiger partial charge on any atom is -0.191 e. The largest absolute Gasteiger partial charge is 0.458 e. The highest BCUT2D eigenvalue weighted by Gasteiger charge is 2.58. The molecule has 1 heterocycles. The molecule has 0 fully saturated rings. The lowest BCUT2D eigenvalue weighted by molar-refractivity contribution is -0.289. The molecule has 0 aliphatic heterocycles. The SMILES string of the molecule is FC(F)(F)C(F)(F)c1ccc2sc[c]c2c1. The molecule has 0 aliphatic rings. The number of hydrogen-bond donors (Lipinski definition) is 0. The first-order valence-electron chi connectivity index (χ1n) is 4.16. The molecule has 85 valence electrons. The third kappa shape index (κ3) is 1.67. The Morgan fingerprint density at radius 3 is 2.38 bits per heavy atom. The quantitative estimate of drug-likeness (QED) is 0.661. The zero-order chi connectivity index (χ0) is 12.0. The van der Waals surface area contributed by atoms with E-state index in [-0.39, 0.29) is 5.39 Å². The maximum atomic E-state index is 13.0. The van der Waals surface area contributed by atoms with Gasteiger partial charge in [0.2, 0.25) is 0 Å². The summed E-state index contributed by atoms with van der Waals surface area (Å²) in [6, 6.07) is 5.45. The number of thiophene rings is 1. The molecule has 1 aromatic carbocycles. The second-order valence-electron chi connectivity index (χ2n) is 3.16. The molecular formula is C10H4F5S. The van der Waals surface area contributed by atoms with Gasteiger partial charge in [0.05, 0.1) is 0 Å². The lowest BCUT2D eigenvalue weighted by atomic mass is 10.1. The maximum Gasteiger partial charge on any atom is 0.458 e. The van der Waals surface area contributed by atoms with E-state index in [4.69, 9.17) is 0 Å². The van der Waals surface area contributed by atoms with E-state index in [9.17, 15) is 22.0 Å². The van der Waals surface area contributed by atoms with Gasteiger partial charge in [-0.05, 0) is 17.5 Å². The molecule has 1 radical (unpaired) electrons. The molecule has 0 nitrogen and oxygen atoms in total. The summed E-state index contributed by atoms with van der Waals surface area (Å²) in [6.07, 6.45) is -5.57. The molecule has 2 rings (SSSR count). The first-order chi connectivity index (χ1) is 7.32. The van der Waals surface area contributed by atoms with Gasteiger partial charge in [0.1, 0.15) is 0 Å². The summed E-state index contributed by atoms with van der Waals surface area (Å²) in [5.74, 6) is -4.82. The van der Waals surface area contributed by atoms with Crippen LogP contribution in [0.25, 0.3) is 10.1 Å². The number of alkyl halides is 5. The molecule has 0 atom stereocenters. The first kappa shape index (κ1) is 11.3. The Morgan fingerprint density at radius 1 is 1.06 bits per heavy atom. The molecule has 2 aromatic rings. The van der Waals surface area contributed by atoms with Gasteiger partial charge in [-0.15, -0.1) is 11.3 Å². The summed E-state index contributed by atoms with van der Waals surface area (Å²) in [4.78, 5) is 0. The second kappa shape index (κ2) is 3.41. The van der Waals surface area contributed by atoms with Gasteiger partial charge in [0.25, 0.3) is 0 Å². The van der Waals surface area contributed by atoms with E-state index in [2.05, 4.69) is 6.07 Å². The van der Waals surface area contributed by atoms with E-state index < -0.39 is 17.7 Å². The van der Waals surface area contributed by atoms with Gasteiger partial charge in [-0.3, -0.25) is 0 Å². The number of halogens is 5. The topological polar surface area (TPSA) is 0 Å². The molecule has 6 heteroatoms. The fourth-order valence-electron chi connectivity index (χ4n) is 1.26. The maximum absolute atomic E-state index is 13.0. The van der Waals surface area contributed by atoms with Crippen LogP contribution in [0.3, 0.4) is 0 Å².